The Morgan fingerprint density at radius 3 is 2.57 bits per heavy atom. The van der Waals surface area contributed by atoms with Crippen molar-refractivity contribution in [2.45, 2.75) is 56.8 Å². The predicted octanol–water partition coefficient (Wildman–Crippen LogP) is 2.62. The van der Waals surface area contributed by atoms with Crippen LogP contribution in [0.1, 0.15) is 51.0 Å². The monoisotopic (exact) mass is 433 g/mol. The van der Waals surface area contributed by atoms with Crippen LogP contribution < -0.4 is 5.32 Å². The molecule has 2 amide bonds. The van der Waals surface area contributed by atoms with E-state index in [0.29, 0.717) is 56.8 Å². The summed E-state index contributed by atoms with van der Waals surface area (Å²) in [7, 11) is -3.61. The van der Waals surface area contributed by atoms with Crippen molar-refractivity contribution in [3.05, 3.63) is 23.8 Å². The van der Waals surface area contributed by atoms with Gasteiger partial charge in [0.25, 0.3) is 0 Å². The van der Waals surface area contributed by atoms with Gasteiger partial charge < -0.3 is 10.2 Å². The van der Waals surface area contributed by atoms with E-state index in [1.165, 1.54) is 10.7 Å². The number of hydrogen-bond acceptors (Lipinski definition) is 4. The molecule has 2 saturated heterocycles. The predicted molar refractivity (Wildman–Crippen MR) is 114 cm³/mol. The van der Waals surface area contributed by atoms with Crippen molar-refractivity contribution in [1.82, 2.24) is 9.21 Å². The van der Waals surface area contributed by atoms with Crippen molar-refractivity contribution < 1.29 is 18.0 Å². The van der Waals surface area contributed by atoms with Gasteiger partial charge in [-0.15, -0.1) is 0 Å². The van der Waals surface area contributed by atoms with Crippen LogP contribution in [0.15, 0.2) is 23.1 Å². The molecular formula is C22H31N3O4S. The molecule has 7 nitrogen and oxygen atoms in total. The zero-order chi connectivity index (χ0) is 21.3. The van der Waals surface area contributed by atoms with Crippen molar-refractivity contribution in [2.75, 3.05) is 31.5 Å². The highest BCUT2D eigenvalue weighted by atomic mass is 32.2. The van der Waals surface area contributed by atoms with Crippen molar-refractivity contribution in [2.24, 2.45) is 11.8 Å². The summed E-state index contributed by atoms with van der Waals surface area (Å²) in [6.45, 7) is 4.57. The van der Waals surface area contributed by atoms with E-state index in [0.717, 1.165) is 25.1 Å². The van der Waals surface area contributed by atoms with Gasteiger partial charge in [0.1, 0.15) is 0 Å². The molecule has 3 heterocycles. The Morgan fingerprint density at radius 2 is 1.83 bits per heavy atom. The number of carbonyl (C=O) groups excluding carboxylic acids is 2. The highest BCUT2D eigenvalue weighted by Crippen LogP contribution is 2.30. The van der Waals surface area contributed by atoms with Crippen LogP contribution in [0.2, 0.25) is 0 Å². The fraction of sp³-hybridized carbons (Fsp3) is 0.636. The maximum absolute atomic E-state index is 13.2. The largest absolute Gasteiger partial charge is 0.342 e. The summed E-state index contributed by atoms with van der Waals surface area (Å²) in [5.74, 6) is 0.628. The molecule has 0 unspecified atom stereocenters. The van der Waals surface area contributed by atoms with Crippen LogP contribution >= 0.6 is 0 Å². The molecule has 0 bridgehead atoms. The summed E-state index contributed by atoms with van der Waals surface area (Å²) in [6.07, 6.45) is 5.22. The molecule has 0 aliphatic carbocycles. The van der Waals surface area contributed by atoms with Crippen molar-refractivity contribution in [3.8, 4) is 0 Å². The number of rotatable bonds is 3. The topological polar surface area (TPSA) is 86.8 Å². The first kappa shape index (κ1) is 21.3. The molecule has 1 atom stereocenters. The number of piperidine rings is 2. The Morgan fingerprint density at radius 1 is 1.07 bits per heavy atom. The fourth-order valence-corrected chi connectivity index (χ4v) is 6.37. The SMILES string of the molecule is C[C@H]1CCCN(C(=O)C2CCN(S(=O)(=O)c3ccc4c(c3)CCCC(=O)N4)CC2)C1. The molecule has 0 aromatic heterocycles. The van der Waals surface area contributed by atoms with Gasteiger partial charge in [-0.3, -0.25) is 9.59 Å². The fourth-order valence-electron chi connectivity index (χ4n) is 4.85. The summed E-state index contributed by atoms with van der Waals surface area (Å²) >= 11 is 0. The van der Waals surface area contributed by atoms with Gasteiger partial charge in [0.05, 0.1) is 4.90 Å². The third kappa shape index (κ3) is 4.39. The maximum atomic E-state index is 13.2. The lowest BCUT2D eigenvalue weighted by Gasteiger charge is -2.36. The Hall–Kier alpha value is -1.93. The molecule has 164 valence electrons. The number of sulfonamides is 1. The second-order valence-corrected chi connectivity index (χ2v) is 10.9. The Kier molecular flexibility index (Phi) is 6.16. The van der Waals surface area contributed by atoms with Crippen molar-refractivity contribution in [3.63, 3.8) is 0 Å². The summed E-state index contributed by atoms with van der Waals surface area (Å²) in [6, 6.07) is 4.97. The van der Waals surface area contributed by atoms with E-state index >= 15 is 0 Å². The number of aryl methyl sites for hydroxylation is 1. The second kappa shape index (κ2) is 8.67. The summed E-state index contributed by atoms with van der Waals surface area (Å²) in [5, 5.41) is 2.84. The molecule has 1 N–H and O–H groups in total. The smallest absolute Gasteiger partial charge is 0.243 e. The van der Waals surface area contributed by atoms with Crippen LogP contribution in [0.3, 0.4) is 0 Å². The Labute approximate surface area is 178 Å². The molecular weight excluding hydrogens is 402 g/mol. The van der Waals surface area contributed by atoms with Crippen LogP contribution in [0.25, 0.3) is 0 Å². The van der Waals surface area contributed by atoms with Crippen molar-refractivity contribution >= 4 is 27.5 Å². The average Bonchev–Trinajstić information content (AvgIpc) is 2.93. The van der Waals surface area contributed by atoms with Gasteiger partial charge in [-0.1, -0.05) is 6.92 Å². The van der Waals surface area contributed by atoms with Gasteiger partial charge in [0.2, 0.25) is 21.8 Å². The Balaban J connectivity index is 1.42. The molecule has 2 fully saturated rings. The number of benzene rings is 1. The van der Waals surface area contributed by atoms with Gasteiger partial charge in [0, 0.05) is 44.2 Å². The summed E-state index contributed by atoms with van der Waals surface area (Å²) in [4.78, 5) is 26.8. The first-order chi connectivity index (χ1) is 14.3. The number of nitrogens with one attached hydrogen (secondary N) is 1. The lowest BCUT2D eigenvalue weighted by atomic mass is 9.93. The molecule has 8 heteroatoms. The molecule has 1 aromatic carbocycles. The van der Waals surface area contributed by atoms with Crippen LogP contribution in [0.5, 0.6) is 0 Å². The number of amides is 2. The van der Waals surface area contributed by atoms with Crippen LogP contribution in [-0.2, 0) is 26.0 Å². The zero-order valence-corrected chi connectivity index (χ0v) is 18.4. The van der Waals surface area contributed by atoms with Gasteiger partial charge in [-0.25, -0.2) is 8.42 Å². The minimum absolute atomic E-state index is 0.0285. The summed E-state index contributed by atoms with van der Waals surface area (Å²) < 4.78 is 27.9. The normalized spacial score (nSPS) is 24.1. The summed E-state index contributed by atoms with van der Waals surface area (Å²) in [5.41, 5.74) is 1.57. The number of anilines is 1. The molecule has 0 radical (unpaired) electrons. The van der Waals surface area contributed by atoms with Gasteiger partial charge in [-0.2, -0.15) is 4.31 Å². The highest BCUT2D eigenvalue weighted by molar-refractivity contribution is 7.89. The molecule has 3 aliphatic rings. The van der Waals surface area contributed by atoms with E-state index in [1.54, 1.807) is 18.2 Å². The average molecular weight is 434 g/mol. The van der Waals surface area contributed by atoms with E-state index < -0.39 is 10.0 Å². The zero-order valence-electron chi connectivity index (χ0n) is 17.6. The van der Waals surface area contributed by atoms with Crippen LogP contribution in [-0.4, -0.2) is 55.6 Å². The van der Waals surface area contributed by atoms with Crippen LogP contribution in [0, 0.1) is 11.8 Å². The van der Waals surface area contributed by atoms with Gasteiger partial charge >= 0.3 is 0 Å². The minimum atomic E-state index is -3.61. The number of fused-ring (bicyclic) bond motifs is 1. The molecule has 1 aromatic rings. The van der Waals surface area contributed by atoms with Crippen LogP contribution in [0.4, 0.5) is 5.69 Å². The second-order valence-electron chi connectivity index (χ2n) is 8.93. The van der Waals surface area contributed by atoms with Gasteiger partial charge in [-0.05, 0) is 68.2 Å². The van der Waals surface area contributed by atoms with E-state index in [-0.39, 0.29) is 22.6 Å². The molecule has 30 heavy (non-hydrogen) atoms. The number of hydrogen-bond donors (Lipinski definition) is 1. The first-order valence-corrected chi connectivity index (χ1v) is 12.5. The lowest BCUT2D eigenvalue weighted by Crippen LogP contribution is -2.46. The van der Waals surface area contributed by atoms with E-state index in [2.05, 4.69) is 12.2 Å². The first-order valence-electron chi connectivity index (χ1n) is 11.1. The molecule has 0 saturated carbocycles. The number of carbonyl (C=O) groups is 2. The highest BCUT2D eigenvalue weighted by Gasteiger charge is 2.35. The third-order valence-electron chi connectivity index (χ3n) is 6.61. The quantitative estimate of drug-likeness (QED) is 0.794. The molecule has 3 aliphatic heterocycles. The van der Waals surface area contributed by atoms with E-state index in [9.17, 15) is 18.0 Å². The van der Waals surface area contributed by atoms with Crippen molar-refractivity contribution in [1.29, 1.82) is 0 Å². The number of nitrogens with zero attached hydrogens (tertiary/aromatic N) is 2. The van der Waals surface area contributed by atoms with E-state index in [4.69, 9.17) is 0 Å². The van der Waals surface area contributed by atoms with Gasteiger partial charge in [0.15, 0.2) is 0 Å². The Bertz CT molecular complexity index is 922. The third-order valence-corrected chi connectivity index (χ3v) is 8.51. The maximum Gasteiger partial charge on any atom is 0.243 e. The standard InChI is InChI=1S/C22H31N3O4S/c1-16-4-3-11-24(15-16)22(27)17-9-12-25(13-10-17)30(28,29)19-7-8-20-18(14-19)5-2-6-21(26)23-20/h7-8,14,16-17H,2-6,9-13,15H2,1H3,(H,23,26)/t16-/m0/s1. The van der Waals surface area contributed by atoms with E-state index in [1.807, 2.05) is 4.90 Å². The molecule has 0 spiro atoms. The number of likely N-dealkylation sites (tertiary alicyclic amines) is 1. The lowest BCUT2D eigenvalue weighted by molar-refractivity contribution is -0.138. The molecule has 4 rings (SSSR count). The minimum Gasteiger partial charge on any atom is -0.342 e.